The highest BCUT2D eigenvalue weighted by molar-refractivity contribution is 6.30. The Morgan fingerprint density at radius 1 is 1.05 bits per heavy atom. The summed E-state index contributed by atoms with van der Waals surface area (Å²) in [6, 6.07) is 7.68. The summed E-state index contributed by atoms with van der Waals surface area (Å²) >= 11 is 6.06. The molecule has 1 heterocycles. The van der Waals surface area contributed by atoms with Crippen LogP contribution < -0.4 is 0 Å². The first-order valence-electron chi connectivity index (χ1n) is 16.1. The number of rotatable bonds is 6. The first-order valence-corrected chi connectivity index (χ1v) is 16.5. The fourth-order valence-corrected chi connectivity index (χ4v) is 10.6. The summed E-state index contributed by atoms with van der Waals surface area (Å²) in [6.45, 7) is 12.3. The van der Waals surface area contributed by atoms with Crippen molar-refractivity contribution in [2.75, 3.05) is 13.7 Å². The van der Waals surface area contributed by atoms with E-state index in [-0.39, 0.29) is 12.1 Å². The van der Waals surface area contributed by atoms with E-state index in [1.807, 2.05) is 24.3 Å². The van der Waals surface area contributed by atoms with Crippen LogP contribution in [0.25, 0.3) is 5.57 Å². The largest absolute Gasteiger partial charge is 0.469 e. The average molecular weight is 585 g/mol. The van der Waals surface area contributed by atoms with E-state index in [1.54, 1.807) is 0 Å². The van der Waals surface area contributed by atoms with Crippen LogP contribution in [0.3, 0.4) is 0 Å². The molecule has 2 unspecified atom stereocenters. The number of hydrogen-bond acceptors (Lipinski definition) is 5. The molecule has 1 aliphatic heterocycles. The molecule has 4 aliphatic carbocycles. The summed E-state index contributed by atoms with van der Waals surface area (Å²) in [5.41, 5.74) is 2.59. The Labute approximate surface area is 251 Å². The summed E-state index contributed by atoms with van der Waals surface area (Å²) in [7, 11) is 1.50. The third kappa shape index (κ3) is 5.21. The van der Waals surface area contributed by atoms with E-state index < -0.39 is 5.79 Å². The number of ether oxygens (including phenoxy) is 2. The van der Waals surface area contributed by atoms with Gasteiger partial charge < -0.3 is 9.47 Å². The van der Waals surface area contributed by atoms with Crippen molar-refractivity contribution in [1.29, 1.82) is 0 Å². The van der Waals surface area contributed by atoms with Crippen molar-refractivity contribution < 1.29 is 24.0 Å². The number of halogens is 1. The minimum absolute atomic E-state index is 0.0695. The molecule has 1 aromatic rings. The molecular weight excluding hydrogens is 536 g/mol. The van der Waals surface area contributed by atoms with Gasteiger partial charge in [0.2, 0.25) is 5.79 Å². The molecule has 5 nitrogen and oxygen atoms in total. The number of carbonyl (C=O) groups is 1. The lowest BCUT2D eigenvalue weighted by Gasteiger charge is -2.62. The van der Waals surface area contributed by atoms with Crippen molar-refractivity contribution in [3.05, 3.63) is 41.4 Å². The van der Waals surface area contributed by atoms with Gasteiger partial charge in [0.15, 0.2) is 0 Å². The van der Waals surface area contributed by atoms with Gasteiger partial charge >= 0.3 is 5.97 Å². The molecule has 0 aromatic heterocycles. The van der Waals surface area contributed by atoms with Gasteiger partial charge in [-0.3, -0.25) is 4.79 Å². The van der Waals surface area contributed by atoms with Crippen molar-refractivity contribution in [3.63, 3.8) is 0 Å². The smallest absolute Gasteiger partial charge is 0.305 e. The second-order valence-electron chi connectivity index (χ2n) is 14.6. The van der Waals surface area contributed by atoms with Gasteiger partial charge in [0, 0.05) is 24.3 Å². The molecule has 6 heteroatoms. The van der Waals surface area contributed by atoms with E-state index >= 15 is 0 Å². The summed E-state index contributed by atoms with van der Waals surface area (Å²) in [5.74, 6) is 3.59. The Morgan fingerprint density at radius 2 is 1.80 bits per heavy atom. The molecule has 1 saturated heterocycles. The highest BCUT2D eigenvalue weighted by Gasteiger charge is 2.62. The average Bonchev–Trinajstić information content (AvgIpc) is 3.34. The van der Waals surface area contributed by atoms with Crippen LogP contribution in [0, 0.1) is 46.3 Å². The highest BCUT2D eigenvalue weighted by atomic mass is 35.5. The maximum atomic E-state index is 11.8. The van der Waals surface area contributed by atoms with Crippen LogP contribution in [0.1, 0.15) is 97.0 Å². The highest BCUT2D eigenvalue weighted by Crippen LogP contribution is 2.69. The van der Waals surface area contributed by atoms with Crippen LogP contribution >= 0.6 is 11.6 Å². The molecule has 6 rings (SSSR count). The minimum atomic E-state index is -0.634. The van der Waals surface area contributed by atoms with Gasteiger partial charge in [-0.25, -0.2) is 9.78 Å². The maximum Gasteiger partial charge on any atom is 0.305 e. The molecule has 0 bridgehead atoms. The van der Waals surface area contributed by atoms with E-state index in [0.717, 1.165) is 60.5 Å². The molecule has 0 N–H and O–H groups in total. The third-order valence-electron chi connectivity index (χ3n) is 12.9. The number of methoxy groups -OCH3 is 1. The lowest BCUT2D eigenvalue weighted by Crippen LogP contribution is -2.58. The second kappa shape index (κ2) is 11.3. The fourth-order valence-electron chi connectivity index (χ4n) is 10.5. The fraction of sp³-hybridized carbons (Fsp3) is 0.743. The zero-order valence-corrected chi connectivity index (χ0v) is 26.2. The molecule has 0 radical (unpaired) electrons. The normalized spacial score (nSPS) is 42.6. The van der Waals surface area contributed by atoms with Gasteiger partial charge in [0.25, 0.3) is 0 Å². The van der Waals surface area contributed by atoms with Gasteiger partial charge in [-0.05, 0) is 121 Å². The molecule has 0 amide bonds. The Bertz CT molecular complexity index is 1130. The summed E-state index contributed by atoms with van der Waals surface area (Å²) in [4.78, 5) is 24.0. The minimum Gasteiger partial charge on any atom is -0.469 e. The van der Waals surface area contributed by atoms with Crippen molar-refractivity contribution in [3.8, 4) is 0 Å². The van der Waals surface area contributed by atoms with Crippen molar-refractivity contribution >= 4 is 23.1 Å². The number of benzene rings is 1. The monoisotopic (exact) mass is 584 g/mol. The number of esters is 1. The molecular formula is C35H49ClO5. The van der Waals surface area contributed by atoms with Crippen LogP contribution in [-0.4, -0.2) is 31.6 Å². The molecule has 41 heavy (non-hydrogen) atoms. The predicted octanol–water partition coefficient (Wildman–Crippen LogP) is 8.64. The standard InChI is InChI=1S/C35H49ClO5/c1-22(6-15-32(37)38-5)28-13-14-29-27-12-9-25-20-35(19-18-33(25,3)30(27)16-17-34(28,29)4)39-21-31(40-41-35)23(2)24-7-10-26(36)11-8-24/h7-8,10-11,22,25,27-31H,2,6,9,12-21H2,1,3-5H3/t22-,25-,27+,28-,29+,30+,31?,33+,34-,35?/m1/s1. The lowest BCUT2D eigenvalue weighted by atomic mass is 9.44. The number of carbonyl (C=O) groups excluding carboxylic acids is 1. The van der Waals surface area contributed by atoms with Crippen LogP contribution in [0.5, 0.6) is 0 Å². The Morgan fingerprint density at radius 3 is 2.51 bits per heavy atom. The van der Waals surface area contributed by atoms with Crippen molar-refractivity contribution in [2.24, 2.45) is 46.3 Å². The zero-order chi connectivity index (χ0) is 29.0. The number of fused-ring (bicyclic) bond motifs is 5. The van der Waals surface area contributed by atoms with Crippen molar-refractivity contribution in [1.82, 2.24) is 0 Å². The Hall–Kier alpha value is -1.40. The van der Waals surface area contributed by atoms with E-state index in [0.29, 0.717) is 40.7 Å². The van der Waals surface area contributed by atoms with Gasteiger partial charge in [-0.15, -0.1) is 0 Å². The summed E-state index contributed by atoms with van der Waals surface area (Å²) < 4.78 is 11.5. The van der Waals surface area contributed by atoms with Gasteiger partial charge in [0.1, 0.15) is 6.10 Å². The van der Waals surface area contributed by atoms with Gasteiger partial charge in [0.05, 0.1) is 13.7 Å². The van der Waals surface area contributed by atoms with Crippen LogP contribution in [-0.2, 0) is 24.0 Å². The SMILES string of the molecule is C=C(c1ccc(Cl)cc1)C1COC2(CC[C@@]3(C)[C@H](CC[C@@H]4[C@@H]3CC[C@]3(C)[C@@H]([C@H](C)CCC(=O)OC)CC[C@@H]43)C2)OO1. The van der Waals surface area contributed by atoms with Crippen LogP contribution in [0.15, 0.2) is 30.8 Å². The summed E-state index contributed by atoms with van der Waals surface area (Å²) in [5, 5.41) is 0.707. The molecule has 10 atom stereocenters. The predicted molar refractivity (Wildman–Crippen MR) is 161 cm³/mol. The summed E-state index contributed by atoms with van der Waals surface area (Å²) in [6.07, 6.45) is 12.0. The van der Waals surface area contributed by atoms with E-state index in [4.69, 9.17) is 30.8 Å². The maximum absolute atomic E-state index is 11.8. The topological polar surface area (TPSA) is 54.0 Å². The van der Waals surface area contributed by atoms with Crippen molar-refractivity contribution in [2.45, 2.75) is 103 Å². The number of hydrogen-bond donors (Lipinski definition) is 0. The van der Waals surface area contributed by atoms with Crippen LogP contribution in [0.2, 0.25) is 5.02 Å². The van der Waals surface area contributed by atoms with Gasteiger partial charge in [-0.2, -0.15) is 0 Å². The van der Waals surface area contributed by atoms with Crippen LogP contribution in [0.4, 0.5) is 0 Å². The first-order chi connectivity index (χ1) is 19.6. The molecule has 226 valence electrons. The molecule has 1 spiro atoms. The molecule has 4 saturated carbocycles. The van der Waals surface area contributed by atoms with E-state index in [2.05, 4.69) is 27.4 Å². The molecule has 1 aromatic carbocycles. The van der Waals surface area contributed by atoms with Gasteiger partial charge in [-0.1, -0.05) is 51.1 Å². The molecule has 5 fully saturated rings. The quantitative estimate of drug-likeness (QED) is 0.247. The second-order valence-corrected chi connectivity index (χ2v) is 15.0. The Kier molecular flexibility index (Phi) is 8.15. The Balaban J connectivity index is 1.09. The first kappa shape index (κ1) is 29.7. The van der Waals surface area contributed by atoms with E-state index in [9.17, 15) is 4.79 Å². The molecule has 5 aliphatic rings. The lowest BCUT2D eigenvalue weighted by molar-refractivity contribution is -0.489. The zero-order valence-electron chi connectivity index (χ0n) is 25.5. The third-order valence-corrected chi connectivity index (χ3v) is 13.1. The van der Waals surface area contributed by atoms with E-state index in [1.165, 1.54) is 45.6 Å².